The second-order valence-electron chi connectivity index (χ2n) is 7.17. The molecule has 0 spiro atoms. The van der Waals surface area contributed by atoms with Gasteiger partial charge in [0.1, 0.15) is 11.9 Å². The average Bonchev–Trinajstić information content (AvgIpc) is 2.78. The third-order valence-electron chi connectivity index (χ3n) is 4.87. The summed E-state index contributed by atoms with van der Waals surface area (Å²) in [6, 6.07) is 17.6. The van der Waals surface area contributed by atoms with E-state index in [1.54, 1.807) is 55.6 Å². The molecule has 0 aliphatic rings. The number of nitrogens with zero attached hydrogens (tertiary/aromatic N) is 2. The summed E-state index contributed by atoms with van der Waals surface area (Å²) in [4.78, 5) is 31.6. The molecule has 160 valence electrons. The minimum absolute atomic E-state index is 0.121. The summed E-state index contributed by atoms with van der Waals surface area (Å²) in [5.41, 5.74) is 2.25. The van der Waals surface area contributed by atoms with Gasteiger partial charge in [-0.25, -0.2) is 4.39 Å². The smallest absolute Gasteiger partial charge is 0.242 e. The summed E-state index contributed by atoms with van der Waals surface area (Å²) in [6.07, 6.45) is 1.78. The van der Waals surface area contributed by atoms with Crippen LogP contribution in [0.25, 0.3) is 0 Å². The van der Waals surface area contributed by atoms with E-state index in [0.717, 1.165) is 16.8 Å². The lowest BCUT2D eigenvalue weighted by atomic mass is 10.1. The first-order valence-electron chi connectivity index (χ1n) is 9.88. The number of pyridine rings is 1. The Hall–Kier alpha value is -3.25. The van der Waals surface area contributed by atoms with Crippen molar-refractivity contribution in [2.75, 3.05) is 0 Å². The first kappa shape index (κ1) is 22.4. The highest BCUT2D eigenvalue weighted by Gasteiger charge is 2.26. The van der Waals surface area contributed by atoms with Gasteiger partial charge in [-0.05, 0) is 54.4 Å². The molecule has 7 heteroatoms. The van der Waals surface area contributed by atoms with Gasteiger partial charge in [0.05, 0.1) is 18.7 Å². The molecular formula is C24H23ClFN3O2. The van der Waals surface area contributed by atoms with E-state index in [2.05, 4.69) is 10.3 Å². The van der Waals surface area contributed by atoms with Gasteiger partial charge in [0.15, 0.2) is 0 Å². The standard InChI is InChI=1S/C24H23ClFN3O2/c1-17(24(31)28-15-22-4-2-3-13-27-22)29(16-19-7-11-21(26)12-8-19)23(30)14-18-5-9-20(25)10-6-18/h2-13,17H,14-16H2,1H3,(H,28,31)/t17-/m1/s1. The number of carbonyl (C=O) groups excluding carboxylic acids is 2. The molecular weight excluding hydrogens is 417 g/mol. The molecule has 31 heavy (non-hydrogen) atoms. The Morgan fingerprint density at radius 1 is 1.03 bits per heavy atom. The maximum absolute atomic E-state index is 13.3. The van der Waals surface area contributed by atoms with Crippen molar-refractivity contribution in [2.45, 2.75) is 32.5 Å². The van der Waals surface area contributed by atoms with Crippen LogP contribution in [-0.2, 0) is 29.1 Å². The largest absolute Gasteiger partial charge is 0.349 e. The van der Waals surface area contributed by atoms with Crippen LogP contribution in [-0.4, -0.2) is 27.7 Å². The van der Waals surface area contributed by atoms with Gasteiger partial charge in [0, 0.05) is 17.8 Å². The van der Waals surface area contributed by atoms with Gasteiger partial charge < -0.3 is 10.2 Å². The molecule has 0 unspecified atom stereocenters. The summed E-state index contributed by atoms with van der Waals surface area (Å²) in [5, 5.41) is 3.41. The Balaban J connectivity index is 1.74. The minimum atomic E-state index is -0.728. The molecule has 1 aromatic heterocycles. The van der Waals surface area contributed by atoms with Crippen molar-refractivity contribution in [1.29, 1.82) is 0 Å². The van der Waals surface area contributed by atoms with Crippen LogP contribution in [0.5, 0.6) is 0 Å². The predicted molar refractivity (Wildman–Crippen MR) is 118 cm³/mol. The number of benzene rings is 2. The van der Waals surface area contributed by atoms with Crippen LogP contribution in [0, 0.1) is 5.82 Å². The number of halogens is 2. The van der Waals surface area contributed by atoms with Crippen molar-refractivity contribution in [3.05, 3.63) is 101 Å². The highest BCUT2D eigenvalue weighted by atomic mass is 35.5. The van der Waals surface area contributed by atoms with Gasteiger partial charge in [-0.2, -0.15) is 0 Å². The molecule has 2 amide bonds. The van der Waals surface area contributed by atoms with E-state index < -0.39 is 6.04 Å². The molecule has 0 aliphatic carbocycles. The fraction of sp³-hybridized carbons (Fsp3) is 0.208. The Bertz CT molecular complexity index is 1010. The second-order valence-corrected chi connectivity index (χ2v) is 7.60. The maximum Gasteiger partial charge on any atom is 0.242 e. The molecule has 1 heterocycles. The zero-order valence-electron chi connectivity index (χ0n) is 17.1. The van der Waals surface area contributed by atoms with Gasteiger partial charge in [-0.1, -0.05) is 41.9 Å². The van der Waals surface area contributed by atoms with Crippen molar-refractivity contribution >= 4 is 23.4 Å². The number of carbonyl (C=O) groups is 2. The number of hydrogen-bond acceptors (Lipinski definition) is 3. The Kier molecular flexibility index (Phi) is 7.73. The van der Waals surface area contributed by atoms with Crippen molar-refractivity contribution in [3.8, 4) is 0 Å². The molecule has 1 N–H and O–H groups in total. The molecule has 3 aromatic rings. The lowest BCUT2D eigenvalue weighted by molar-refractivity contribution is -0.140. The quantitative estimate of drug-likeness (QED) is 0.573. The number of nitrogens with one attached hydrogen (secondary N) is 1. The summed E-state index contributed by atoms with van der Waals surface area (Å²) >= 11 is 5.92. The van der Waals surface area contributed by atoms with Crippen LogP contribution in [0.3, 0.4) is 0 Å². The van der Waals surface area contributed by atoms with E-state index in [1.807, 2.05) is 12.1 Å². The lowest BCUT2D eigenvalue weighted by Gasteiger charge is -2.29. The van der Waals surface area contributed by atoms with Crippen molar-refractivity contribution in [2.24, 2.45) is 0 Å². The second kappa shape index (κ2) is 10.7. The van der Waals surface area contributed by atoms with Crippen LogP contribution < -0.4 is 5.32 Å². The predicted octanol–water partition coefficient (Wildman–Crippen LogP) is 4.15. The number of rotatable bonds is 8. The van der Waals surface area contributed by atoms with Crippen LogP contribution in [0.15, 0.2) is 72.9 Å². The molecule has 3 rings (SSSR count). The normalized spacial score (nSPS) is 11.6. The van der Waals surface area contributed by atoms with E-state index in [1.165, 1.54) is 17.0 Å². The Morgan fingerprint density at radius 3 is 2.35 bits per heavy atom. The van der Waals surface area contributed by atoms with Crippen LogP contribution >= 0.6 is 11.6 Å². The number of amides is 2. The monoisotopic (exact) mass is 439 g/mol. The van der Waals surface area contributed by atoms with E-state index >= 15 is 0 Å². The topological polar surface area (TPSA) is 62.3 Å². The first-order chi connectivity index (χ1) is 14.9. The van der Waals surface area contributed by atoms with Crippen molar-refractivity contribution in [3.63, 3.8) is 0 Å². The van der Waals surface area contributed by atoms with Gasteiger partial charge in [-0.3, -0.25) is 14.6 Å². The molecule has 1 atom stereocenters. The van der Waals surface area contributed by atoms with E-state index in [-0.39, 0.29) is 37.1 Å². The molecule has 0 saturated heterocycles. The van der Waals surface area contributed by atoms with Crippen LogP contribution in [0.1, 0.15) is 23.7 Å². The van der Waals surface area contributed by atoms with E-state index in [4.69, 9.17) is 11.6 Å². The lowest BCUT2D eigenvalue weighted by Crippen LogP contribution is -2.48. The third-order valence-corrected chi connectivity index (χ3v) is 5.12. The van der Waals surface area contributed by atoms with Crippen LogP contribution in [0.4, 0.5) is 4.39 Å². The molecule has 2 aromatic carbocycles. The fourth-order valence-electron chi connectivity index (χ4n) is 3.08. The highest BCUT2D eigenvalue weighted by Crippen LogP contribution is 2.15. The summed E-state index contributed by atoms with van der Waals surface area (Å²) in [7, 11) is 0. The Morgan fingerprint density at radius 2 is 1.71 bits per heavy atom. The zero-order valence-corrected chi connectivity index (χ0v) is 17.8. The molecule has 5 nitrogen and oxygen atoms in total. The average molecular weight is 440 g/mol. The number of hydrogen-bond donors (Lipinski definition) is 1. The highest BCUT2D eigenvalue weighted by molar-refractivity contribution is 6.30. The van der Waals surface area contributed by atoms with Crippen LogP contribution in [0.2, 0.25) is 5.02 Å². The maximum atomic E-state index is 13.3. The van der Waals surface area contributed by atoms with Gasteiger partial charge in [-0.15, -0.1) is 0 Å². The number of aromatic nitrogens is 1. The van der Waals surface area contributed by atoms with Gasteiger partial charge in [0.2, 0.25) is 11.8 Å². The SMILES string of the molecule is C[C@H](C(=O)NCc1ccccn1)N(Cc1ccc(F)cc1)C(=O)Cc1ccc(Cl)cc1. The molecule has 0 radical (unpaired) electrons. The first-order valence-corrected chi connectivity index (χ1v) is 10.3. The summed E-state index contributed by atoms with van der Waals surface area (Å²) < 4.78 is 13.3. The van der Waals surface area contributed by atoms with Gasteiger partial charge in [0.25, 0.3) is 0 Å². The third kappa shape index (κ3) is 6.62. The van der Waals surface area contributed by atoms with Crippen molar-refractivity contribution in [1.82, 2.24) is 15.2 Å². The molecule has 0 saturated carbocycles. The fourth-order valence-corrected chi connectivity index (χ4v) is 3.20. The Labute approximate surface area is 185 Å². The van der Waals surface area contributed by atoms with E-state index in [0.29, 0.717) is 5.02 Å². The van der Waals surface area contributed by atoms with Crippen molar-refractivity contribution < 1.29 is 14.0 Å². The molecule has 0 aliphatic heterocycles. The zero-order chi connectivity index (χ0) is 22.2. The molecule has 0 bridgehead atoms. The molecule has 0 fully saturated rings. The van der Waals surface area contributed by atoms with Gasteiger partial charge >= 0.3 is 0 Å². The van der Waals surface area contributed by atoms with E-state index in [9.17, 15) is 14.0 Å². The summed E-state index contributed by atoms with van der Waals surface area (Å²) in [6.45, 7) is 2.13. The summed E-state index contributed by atoms with van der Waals surface area (Å²) in [5.74, 6) is -0.867. The minimum Gasteiger partial charge on any atom is -0.349 e.